The highest BCUT2D eigenvalue weighted by atomic mass is 32.1. The second-order valence-electron chi connectivity index (χ2n) is 3.95. The first kappa shape index (κ1) is 13.2. The second-order valence-corrected chi connectivity index (χ2v) is 5.21. The summed E-state index contributed by atoms with van der Waals surface area (Å²) in [6, 6.07) is 1.49. The molecule has 2 heterocycles. The summed E-state index contributed by atoms with van der Waals surface area (Å²) in [6.45, 7) is 1.76. The van der Waals surface area contributed by atoms with Gasteiger partial charge in [0, 0.05) is 17.7 Å². The van der Waals surface area contributed by atoms with Gasteiger partial charge >= 0.3 is 5.97 Å². The number of anilines is 1. The summed E-state index contributed by atoms with van der Waals surface area (Å²) >= 11 is 1.18. The van der Waals surface area contributed by atoms with Crippen molar-refractivity contribution in [1.29, 1.82) is 0 Å². The number of carbonyl (C=O) groups is 3. The molecule has 0 aliphatic carbocycles. The number of hydrogen-bond acceptors (Lipinski definition) is 5. The monoisotopic (exact) mass is 281 g/mol. The van der Waals surface area contributed by atoms with E-state index >= 15 is 0 Å². The van der Waals surface area contributed by atoms with Crippen LogP contribution in [0.25, 0.3) is 0 Å². The van der Waals surface area contributed by atoms with Crippen LogP contribution in [-0.4, -0.2) is 28.6 Å². The average Bonchev–Trinajstić information content (AvgIpc) is 2.71. The molecule has 0 saturated heterocycles. The lowest BCUT2D eigenvalue weighted by Gasteiger charge is -2.11. The Bertz CT molecular complexity index is 591. The number of aryl methyl sites for hydroxylation is 1. The zero-order chi connectivity index (χ0) is 14.0. The van der Waals surface area contributed by atoms with Crippen molar-refractivity contribution in [2.75, 3.05) is 5.32 Å². The number of nitrogens with zero attached hydrogens (tertiary/aromatic N) is 1. The maximum atomic E-state index is 11.9. The van der Waals surface area contributed by atoms with Gasteiger partial charge in [-0.1, -0.05) is 0 Å². The standard InChI is InChI=1S/C11H11N3O4S/c1-5-4-6(11(17)18)10(19-5)12-9(16)7-2-3-8(15)14-13-7/h4H,2-3H2,1H3,(H,12,16)(H,14,15)(H,17,18). The smallest absolute Gasteiger partial charge is 0.338 e. The van der Waals surface area contributed by atoms with Gasteiger partial charge in [-0.25, -0.2) is 10.2 Å². The first-order valence-corrected chi connectivity index (χ1v) is 6.29. The number of hydrazone groups is 1. The van der Waals surface area contributed by atoms with E-state index in [9.17, 15) is 14.4 Å². The van der Waals surface area contributed by atoms with Gasteiger partial charge in [0.1, 0.15) is 10.7 Å². The Labute approximate surface area is 112 Å². The Kier molecular flexibility index (Phi) is 3.61. The van der Waals surface area contributed by atoms with Crippen molar-refractivity contribution in [2.45, 2.75) is 19.8 Å². The van der Waals surface area contributed by atoms with E-state index < -0.39 is 11.9 Å². The van der Waals surface area contributed by atoms with Crippen LogP contribution < -0.4 is 10.7 Å². The van der Waals surface area contributed by atoms with Crippen molar-refractivity contribution in [3.05, 3.63) is 16.5 Å². The molecule has 0 radical (unpaired) electrons. The van der Waals surface area contributed by atoms with Crippen LogP contribution in [0.5, 0.6) is 0 Å². The largest absolute Gasteiger partial charge is 0.478 e. The molecule has 0 spiro atoms. The van der Waals surface area contributed by atoms with E-state index in [1.165, 1.54) is 17.4 Å². The van der Waals surface area contributed by atoms with E-state index in [0.29, 0.717) is 0 Å². The van der Waals surface area contributed by atoms with Crippen LogP contribution in [0, 0.1) is 6.92 Å². The first-order valence-electron chi connectivity index (χ1n) is 5.48. The van der Waals surface area contributed by atoms with Crippen LogP contribution in [0.4, 0.5) is 5.00 Å². The minimum Gasteiger partial charge on any atom is -0.478 e. The van der Waals surface area contributed by atoms with Crippen molar-refractivity contribution in [3.8, 4) is 0 Å². The zero-order valence-corrected chi connectivity index (χ0v) is 10.8. The Morgan fingerprint density at radius 3 is 2.79 bits per heavy atom. The van der Waals surface area contributed by atoms with Crippen LogP contribution in [0.2, 0.25) is 0 Å². The van der Waals surface area contributed by atoms with Gasteiger partial charge in [-0.2, -0.15) is 5.10 Å². The lowest BCUT2D eigenvalue weighted by Crippen LogP contribution is -2.32. The molecular formula is C11H11N3O4S. The minimum absolute atomic E-state index is 0.0521. The highest BCUT2D eigenvalue weighted by molar-refractivity contribution is 7.16. The molecule has 8 heteroatoms. The summed E-state index contributed by atoms with van der Waals surface area (Å²) in [5.41, 5.74) is 2.45. The number of aromatic carboxylic acids is 1. The lowest BCUT2D eigenvalue weighted by molar-refractivity contribution is -0.121. The second kappa shape index (κ2) is 5.19. The summed E-state index contributed by atoms with van der Waals surface area (Å²) in [5, 5.41) is 15.4. The molecule has 7 nitrogen and oxygen atoms in total. The molecule has 19 heavy (non-hydrogen) atoms. The van der Waals surface area contributed by atoms with Gasteiger partial charge in [0.2, 0.25) is 5.91 Å². The van der Waals surface area contributed by atoms with Crippen LogP contribution in [0.3, 0.4) is 0 Å². The number of thiophene rings is 1. The molecule has 0 unspecified atom stereocenters. The highest BCUT2D eigenvalue weighted by Crippen LogP contribution is 2.27. The van der Waals surface area contributed by atoms with Gasteiger partial charge in [-0.15, -0.1) is 11.3 Å². The summed E-state index contributed by atoms with van der Waals surface area (Å²) in [7, 11) is 0. The van der Waals surface area contributed by atoms with Gasteiger partial charge < -0.3 is 10.4 Å². The normalized spacial score (nSPS) is 14.6. The van der Waals surface area contributed by atoms with Crippen molar-refractivity contribution in [1.82, 2.24) is 5.43 Å². The third-order valence-corrected chi connectivity index (χ3v) is 3.45. The van der Waals surface area contributed by atoms with Crippen molar-refractivity contribution in [3.63, 3.8) is 0 Å². The van der Waals surface area contributed by atoms with Crippen molar-refractivity contribution in [2.24, 2.45) is 5.10 Å². The average molecular weight is 281 g/mol. The fraction of sp³-hybridized carbons (Fsp3) is 0.273. The van der Waals surface area contributed by atoms with Gasteiger partial charge in [0.15, 0.2) is 0 Å². The molecule has 0 atom stereocenters. The fourth-order valence-corrected chi connectivity index (χ4v) is 2.48. The predicted octanol–water partition coefficient (Wildman–Crippen LogP) is 0.959. The molecule has 0 bridgehead atoms. The minimum atomic E-state index is -1.10. The van der Waals surface area contributed by atoms with Gasteiger partial charge in [0.05, 0.1) is 5.56 Å². The number of rotatable bonds is 3. The van der Waals surface area contributed by atoms with Crippen molar-refractivity contribution < 1.29 is 19.5 Å². The Morgan fingerprint density at radius 2 is 2.21 bits per heavy atom. The van der Waals surface area contributed by atoms with Crippen LogP contribution in [0.15, 0.2) is 11.2 Å². The highest BCUT2D eigenvalue weighted by Gasteiger charge is 2.21. The van der Waals surface area contributed by atoms with Crippen LogP contribution >= 0.6 is 11.3 Å². The molecule has 0 fully saturated rings. The van der Waals surface area contributed by atoms with Crippen molar-refractivity contribution >= 4 is 39.8 Å². The van der Waals surface area contributed by atoms with E-state index in [-0.39, 0.29) is 35.0 Å². The first-order chi connectivity index (χ1) is 8.97. The summed E-state index contributed by atoms with van der Waals surface area (Å²) in [4.78, 5) is 34.6. The van der Waals surface area contributed by atoms with Gasteiger partial charge in [-0.3, -0.25) is 9.59 Å². The molecule has 2 amide bonds. The predicted molar refractivity (Wildman–Crippen MR) is 69.5 cm³/mol. The SMILES string of the molecule is Cc1cc(C(=O)O)c(NC(=O)C2=NNC(=O)CC2)s1. The topological polar surface area (TPSA) is 108 Å². The maximum absolute atomic E-state index is 11.9. The zero-order valence-electron chi connectivity index (χ0n) is 10.0. The lowest BCUT2D eigenvalue weighted by atomic mass is 10.1. The Morgan fingerprint density at radius 1 is 1.47 bits per heavy atom. The van der Waals surface area contributed by atoms with Crippen LogP contribution in [0.1, 0.15) is 28.1 Å². The quantitative estimate of drug-likeness (QED) is 0.766. The number of carbonyl (C=O) groups excluding carboxylic acids is 2. The number of carboxylic acid groups (broad SMARTS) is 1. The molecule has 3 N–H and O–H groups in total. The van der Waals surface area contributed by atoms with E-state index in [0.717, 1.165) is 4.88 Å². The Hall–Kier alpha value is -2.22. The molecule has 0 aromatic carbocycles. The maximum Gasteiger partial charge on any atom is 0.338 e. The summed E-state index contributed by atoms with van der Waals surface area (Å²) in [5.74, 6) is -1.84. The molecule has 1 aromatic rings. The van der Waals surface area contributed by atoms with E-state index in [4.69, 9.17) is 5.11 Å². The fourth-order valence-electron chi connectivity index (χ4n) is 1.58. The van der Waals surface area contributed by atoms with Gasteiger partial charge in [0.25, 0.3) is 5.91 Å². The third kappa shape index (κ3) is 2.97. The van der Waals surface area contributed by atoms with E-state index in [1.54, 1.807) is 6.92 Å². The Balaban J connectivity index is 2.15. The van der Waals surface area contributed by atoms with E-state index in [1.807, 2.05) is 0 Å². The molecule has 1 aliphatic heterocycles. The molecular weight excluding hydrogens is 270 g/mol. The number of carboxylic acids is 1. The molecule has 1 aliphatic rings. The molecule has 1 aromatic heterocycles. The third-order valence-electron chi connectivity index (χ3n) is 2.48. The number of nitrogens with one attached hydrogen (secondary N) is 2. The molecule has 2 rings (SSSR count). The van der Waals surface area contributed by atoms with Crippen LogP contribution in [-0.2, 0) is 9.59 Å². The molecule has 0 saturated carbocycles. The number of amides is 2. The van der Waals surface area contributed by atoms with E-state index in [2.05, 4.69) is 15.8 Å². The summed E-state index contributed by atoms with van der Waals surface area (Å²) < 4.78 is 0. The summed E-state index contributed by atoms with van der Waals surface area (Å²) in [6.07, 6.45) is 0.436. The number of hydrogen-bond donors (Lipinski definition) is 3. The van der Waals surface area contributed by atoms with Gasteiger partial charge in [-0.05, 0) is 13.0 Å². The molecule has 100 valence electrons.